The third kappa shape index (κ3) is 3.18. The highest BCUT2D eigenvalue weighted by Gasteiger charge is 2.48. The molecule has 0 aliphatic carbocycles. The molecule has 2 aliphatic heterocycles. The number of phenolic OH excluding ortho intramolecular Hbond substituents is 1. The third-order valence-electron chi connectivity index (χ3n) is 5.90. The fourth-order valence-electron chi connectivity index (χ4n) is 4.36. The summed E-state index contributed by atoms with van der Waals surface area (Å²) in [4.78, 5) is 29.4. The Balaban J connectivity index is 1.54. The van der Waals surface area contributed by atoms with Gasteiger partial charge in [0.1, 0.15) is 5.75 Å². The lowest BCUT2D eigenvalue weighted by molar-refractivity contribution is -0.143. The van der Waals surface area contributed by atoms with Gasteiger partial charge in [-0.15, -0.1) is 0 Å². The fourth-order valence-corrected chi connectivity index (χ4v) is 4.36. The number of phenols is 1. The number of hydrogen-bond donors (Lipinski definition) is 1. The number of rotatable bonds is 2. The predicted molar refractivity (Wildman–Crippen MR) is 103 cm³/mol. The second-order valence-electron chi connectivity index (χ2n) is 7.71. The van der Waals surface area contributed by atoms with Gasteiger partial charge in [-0.25, -0.2) is 0 Å². The first kappa shape index (κ1) is 17.6. The largest absolute Gasteiger partial charge is 0.508 e. The SMILES string of the molecule is CN1CCCC2(CCN(C(=O)c3cccc(-c4ccc(O)cc4)c3)C2)C1=O. The molecule has 0 aromatic heterocycles. The van der Waals surface area contributed by atoms with E-state index in [1.54, 1.807) is 12.1 Å². The van der Waals surface area contributed by atoms with Crippen LogP contribution in [0.4, 0.5) is 0 Å². The first-order chi connectivity index (χ1) is 13.0. The lowest BCUT2D eigenvalue weighted by Gasteiger charge is -2.37. The highest BCUT2D eigenvalue weighted by molar-refractivity contribution is 5.96. The van der Waals surface area contributed by atoms with E-state index >= 15 is 0 Å². The van der Waals surface area contributed by atoms with Gasteiger partial charge in [-0.05, 0) is 54.7 Å². The number of carbonyl (C=O) groups is 2. The molecule has 2 aromatic carbocycles. The Morgan fingerprint density at radius 3 is 2.59 bits per heavy atom. The Bertz CT molecular complexity index is 877. The molecule has 0 bridgehead atoms. The zero-order valence-electron chi connectivity index (χ0n) is 15.5. The predicted octanol–water partition coefficient (Wildman–Crippen LogP) is 3.14. The van der Waals surface area contributed by atoms with Crippen molar-refractivity contribution in [1.82, 2.24) is 9.80 Å². The molecule has 1 spiro atoms. The van der Waals surface area contributed by atoms with E-state index in [4.69, 9.17) is 0 Å². The van der Waals surface area contributed by atoms with Gasteiger partial charge in [0.05, 0.1) is 5.41 Å². The van der Waals surface area contributed by atoms with E-state index in [0.717, 1.165) is 36.9 Å². The van der Waals surface area contributed by atoms with Crippen molar-refractivity contribution < 1.29 is 14.7 Å². The Morgan fingerprint density at radius 1 is 1.04 bits per heavy atom. The number of carbonyl (C=O) groups excluding carboxylic acids is 2. The number of aromatic hydroxyl groups is 1. The second kappa shape index (κ2) is 6.72. The van der Waals surface area contributed by atoms with Gasteiger partial charge in [-0.3, -0.25) is 9.59 Å². The molecule has 1 atom stereocenters. The van der Waals surface area contributed by atoms with Crippen LogP contribution in [0.15, 0.2) is 48.5 Å². The molecular formula is C22H24N2O3. The van der Waals surface area contributed by atoms with Gasteiger partial charge in [0.25, 0.3) is 5.91 Å². The van der Waals surface area contributed by atoms with Gasteiger partial charge in [0.2, 0.25) is 5.91 Å². The molecule has 2 amide bonds. The van der Waals surface area contributed by atoms with Crippen molar-refractivity contribution in [1.29, 1.82) is 0 Å². The van der Waals surface area contributed by atoms with Crippen molar-refractivity contribution in [3.63, 3.8) is 0 Å². The van der Waals surface area contributed by atoms with Crippen LogP contribution in [-0.2, 0) is 4.79 Å². The smallest absolute Gasteiger partial charge is 0.253 e. The van der Waals surface area contributed by atoms with Gasteiger partial charge in [-0.1, -0.05) is 24.3 Å². The summed E-state index contributed by atoms with van der Waals surface area (Å²) in [5.41, 5.74) is 2.12. The average molecular weight is 364 g/mol. The molecule has 2 heterocycles. The molecule has 2 aromatic rings. The number of benzene rings is 2. The van der Waals surface area contributed by atoms with Gasteiger partial charge in [0, 0.05) is 32.2 Å². The molecule has 5 heteroatoms. The summed E-state index contributed by atoms with van der Waals surface area (Å²) in [5, 5.41) is 9.46. The molecule has 4 rings (SSSR count). The minimum absolute atomic E-state index is 0.0199. The standard InChI is InChI=1S/C22H24N2O3/c1-23-12-3-10-22(21(23)27)11-13-24(15-22)20(26)18-5-2-4-17(14-18)16-6-8-19(25)9-7-16/h2,4-9,14,25H,3,10-13,15H2,1H3. The number of piperidine rings is 1. The molecule has 0 saturated carbocycles. The Labute approximate surface area is 159 Å². The van der Waals surface area contributed by atoms with Crippen LogP contribution in [0.1, 0.15) is 29.6 Å². The van der Waals surface area contributed by atoms with Crippen LogP contribution >= 0.6 is 0 Å². The Kier molecular flexibility index (Phi) is 4.38. The molecule has 5 nitrogen and oxygen atoms in total. The maximum Gasteiger partial charge on any atom is 0.253 e. The van der Waals surface area contributed by atoms with E-state index in [9.17, 15) is 14.7 Å². The molecule has 140 valence electrons. The van der Waals surface area contributed by atoms with Crippen molar-refractivity contribution in [3.8, 4) is 16.9 Å². The molecule has 1 unspecified atom stereocenters. The van der Waals surface area contributed by atoms with Crippen LogP contribution in [0.5, 0.6) is 5.75 Å². The summed E-state index contributed by atoms with van der Waals surface area (Å²) in [6, 6.07) is 14.5. The van der Waals surface area contributed by atoms with Crippen LogP contribution in [0.3, 0.4) is 0 Å². The minimum Gasteiger partial charge on any atom is -0.508 e. The molecular weight excluding hydrogens is 340 g/mol. The van der Waals surface area contributed by atoms with E-state index in [1.807, 2.05) is 53.2 Å². The quantitative estimate of drug-likeness (QED) is 0.891. The second-order valence-corrected chi connectivity index (χ2v) is 7.71. The lowest BCUT2D eigenvalue weighted by atomic mass is 9.78. The zero-order chi connectivity index (χ0) is 19.0. The topological polar surface area (TPSA) is 60.9 Å². The number of amides is 2. The first-order valence-electron chi connectivity index (χ1n) is 9.43. The normalized spacial score (nSPS) is 22.5. The van der Waals surface area contributed by atoms with E-state index in [1.165, 1.54) is 0 Å². The van der Waals surface area contributed by atoms with Crippen LogP contribution in [0.2, 0.25) is 0 Å². The third-order valence-corrected chi connectivity index (χ3v) is 5.90. The highest BCUT2D eigenvalue weighted by Crippen LogP contribution is 2.40. The summed E-state index contributed by atoms with van der Waals surface area (Å²) in [6.07, 6.45) is 2.62. The summed E-state index contributed by atoms with van der Waals surface area (Å²) in [5.74, 6) is 0.380. The number of hydrogen-bond acceptors (Lipinski definition) is 3. The van der Waals surface area contributed by atoms with Crippen molar-refractivity contribution in [2.75, 3.05) is 26.7 Å². The fraction of sp³-hybridized carbons (Fsp3) is 0.364. The van der Waals surface area contributed by atoms with Gasteiger partial charge >= 0.3 is 0 Å². The maximum absolute atomic E-state index is 13.1. The Hall–Kier alpha value is -2.82. The van der Waals surface area contributed by atoms with Crippen LogP contribution in [-0.4, -0.2) is 53.4 Å². The summed E-state index contributed by atoms with van der Waals surface area (Å²) < 4.78 is 0. The van der Waals surface area contributed by atoms with Crippen molar-refractivity contribution >= 4 is 11.8 Å². The van der Waals surface area contributed by atoms with Crippen molar-refractivity contribution in [3.05, 3.63) is 54.1 Å². The maximum atomic E-state index is 13.1. The molecule has 2 fully saturated rings. The van der Waals surface area contributed by atoms with E-state index < -0.39 is 5.41 Å². The first-order valence-corrected chi connectivity index (χ1v) is 9.43. The van der Waals surface area contributed by atoms with E-state index in [2.05, 4.69) is 0 Å². The van der Waals surface area contributed by atoms with Gasteiger partial charge in [-0.2, -0.15) is 0 Å². The van der Waals surface area contributed by atoms with Crippen LogP contribution in [0, 0.1) is 5.41 Å². The van der Waals surface area contributed by atoms with Gasteiger partial charge < -0.3 is 14.9 Å². The molecule has 27 heavy (non-hydrogen) atoms. The van der Waals surface area contributed by atoms with E-state index in [0.29, 0.717) is 18.7 Å². The van der Waals surface area contributed by atoms with Crippen LogP contribution < -0.4 is 0 Å². The number of likely N-dealkylation sites (tertiary alicyclic amines) is 2. The van der Waals surface area contributed by atoms with Gasteiger partial charge in [0.15, 0.2) is 0 Å². The number of nitrogens with zero attached hydrogens (tertiary/aromatic N) is 2. The van der Waals surface area contributed by atoms with Crippen molar-refractivity contribution in [2.24, 2.45) is 5.41 Å². The average Bonchev–Trinajstić information content (AvgIpc) is 3.11. The van der Waals surface area contributed by atoms with E-state index in [-0.39, 0.29) is 17.6 Å². The summed E-state index contributed by atoms with van der Waals surface area (Å²) >= 11 is 0. The minimum atomic E-state index is -0.392. The molecule has 2 aliphatic rings. The Morgan fingerprint density at radius 2 is 1.81 bits per heavy atom. The summed E-state index contributed by atoms with van der Waals surface area (Å²) in [6.45, 7) is 1.95. The van der Waals surface area contributed by atoms with Crippen LogP contribution in [0.25, 0.3) is 11.1 Å². The molecule has 2 saturated heterocycles. The molecule has 1 N–H and O–H groups in total. The monoisotopic (exact) mass is 364 g/mol. The zero-order valence-corrected chi connectivity index (χ0v) is 15.5. The summed E-state index contributed by atoms with van der Waals surface area (Å²) in [7, 11) is 1.86. The lowest BCUT2D eigenvalue weighted by Crippen LogP contribution is -2.48. The van der Waals surface area contributed by atoms with Crippen molar-refractivity contribution in [2.45, 2.75) is 19.3 Å². The molecule has 0 radical (unpaired) electrons. The highest BCUT2D eigenvalue weighted by atomic mass is 16.3.